The number of nitrogens with one attached hydrogen (secondary N) is 2. The van der Waals surface area contributed by atoms with Gasteiger partial charge in [-0.1, -0.05) is 23.7 Å². The number of aryl methyl sites for hydroxylation is 1. The first kappa shape index (κ1) is 18.3. The lowest BCUT2D eigenvalue weighted by atomic mass is 10.1. The highest BCUT2D eigenvalue weighted by Crippen LogP contribution is 2.40. The molecule has 1 saturated carbocycles. The van der Waals surface area contributed by atoms with E-state index in [1.165, 1.54) is 7.11 Å². The Bertz CT molecular complexity index is 866. The van der Waals surface area contributed by atoms with E-state index >= 15 is 0 Å². The van der Waals surface area contributed by atoms with Crippen LogP contribution in [0.1, 0.15) is 17.5 Å². The molecule has 1 aliphatic rings. The Kier molecular flexibility index (Phi) is 5.18. The average Bonchev–Trinajstić information content (AvgIpc) is 3.40. The number of methoxy groups -OCH3 is 1. The Hall–Kier alpha value is -2.53. The van der Waals surface area contributed by atoms with Crippen LogP contribution in [0, 0.1) is 25.7 Å². The first-order valence-electron chi connectivity index (χ1n) is 8.42. The van der Waals surface area contributed by atoms with E-state index in [-0.39, 0.29) is 23.7 Å². The van der Waals surface area contributed by atoms with Crippen LogP contribution in [0.25, 0.3) is 0 Å². The highest BCUT2D eigenvalue weighted by molar-refractivity contribution is 6.32. The van der Waals surface area contributed by atoms with Crippen LogP contribution in [-0.2, 0) is 9.59 Å². The zero-order valence-corrected chi connectivity index (χ0v) is 15.7. The monoisotopic (exact) mass is 372 g/mol. The van der Waals surface area contributed by atoms with Crippen molar-refractivity contribution in [2.75, 3.05) is 17.7 Å². The SMILES string of the molecule is COc1ccc(NC(=O)C2CC2C(=O)Nc2cccc(C)c2C)cc1Cl. The zero-order chi connectivity index (χ0) is 18.8. The maximum atomic E-state index is 12.4. The van der Waals surface area contributed by atoms with Crippen LogP contribution in [0.3, 0.4) is 0 Å². The topological polar surface area (TPSA) is 67.4 Å². The molecule has 2 aromatic carbocycles. The largest absolute Gasteiger partial charge is 0.495 e. The fourth-order valence-electron chi connectivity index (χ4n) is 2.87. The predicted octanol–water partition coefficient (Wildman–Crippen LogP) is 4.18. The fourth-order valence-corrected chi connectivity index (χ4v) is 3.12. The van der Waals surface area contributed by atoms with E-state index < -0.39 is 0 Å². The maximum absolute atomic E-state index is 12.4. The summed E-state index contributed by atoms with van der Waals surface area (Å²) in [6.07, 6.45) is 0.548. The zero-order valence-electron chi connectivity index (χ0n) is 14.9. The van der Waals surface area contributed by atoms with E-state index in [1.807, 2.05) is 32.0 Å². The number of anilines is 2. The molecule has 0 heterocycles. The fraction of sp³-hybridized carbons (Fsp3) is 0.300. The van der Waals surface area contributed by atoms with Gasteiger partial charge in [0.25, 0.3) is 0 Å². The summed E-state index contributed by atoms with van der Waals surface area (Å²) in [7, 11) is 1.53. The van der Waals surface area contributed by atoms with Crippen LogP contribution >= 0.6 is 11.6 Å². The average molecular weight is 373 g/mol. The first-order chi connectivity index (χ1) is 12.4. The molecule has 2 aromatic rings. The van der Waals surface area contributed by atoms with E-state index in [9.17, 15) is 9.59 Å². The van der Waals surface area contributed by atoms with Crippen LogP contribution in [0.2, 0.25) is 5.02 Å². The smallest absolute Gasteiger partial charge is 0.228 e. The Labute approximate surface area is 157 Å². The second-order valence-corrected chi connectivity index (χ2v) is 6.93. The van der Waals surface area contributed by atoms with Crippen LogP contribution < -0.4 is 15.4 Å². The summed E-state index contributed by atoms with van der Waals surface area (Å²) in [6, 6.07) is 10.8. The summed E-state index contributed by atoms with van der Waals surface area (Å²) in [6.45, 7) is 3.97. The Morgan fingerprint density at radius 1 is 1.08 bits per heavy atom. The van der Waals surface area contributed by atoms with E-state index in [4.69, 9.17) is 16.3 Å². The maximum Gasteiger partial charge on any atom is 0.228 e. The summed E-state index contributed by atoms with van der Waals surface area (Å²) in [4.78, 5) is 24.8. The number of ether oxygens (including phenoxy) is 1. The van der Waals surface area contributed by atoms with Crippen LogP contribution in [0.5, 0.6) is 5.75 Å². The standard InChI is InChI=1S/C20H21ClN2O3/c1-11-5-4-6-17(12(11)2)23-20(25)15-10-14(15)19(24)22-13-7-8-18(26-3)16(21)9-13/h4-9,14-15H,10H2,1-3H3,(H,22,24)(H,23,25). The summed E-state index contributed by atoms with van der Waals surface area (Å²) in [5.74, 6) is -0.370. The van der Waals surface area contributed by atoms with Crippen molar-refractivity contribution in [3.63, 3.8) is 0 Å². The normalized spacial score (nSPS) is 18.2. The predicted molar refractivity (Wildman–Crippen MR) is 103 cm³/mol. The first-order valence-corrected chi connectivity index (χ1v) is 8.80. The molecule has 136 valence electrons. The molecule has 0 bridgehead atoms. The van der Waals surface area contributed by atoms with Crippen molar-refractivity contribution in [2.24, 2.45) is 11.8 Å². The van der Waals surface area contributed by atoms with E-state index in [0.29, 0.717) is 22.9 Å². The lowest BCUT2D eigenvalue weighted by molar-refractivity contribution is -0.122. The van der Waals surface area contributed by atoms with Gasteiger partial charge in [-0.2, -0.15) is 0 Å². The van der Waals surface area contributed by atoms with Crippen LogP contribution in [0.15, 0.2) is 36.4 Å². The molecule has 2 amide bonds. The number of hydrogen-bond donors (Lipinski definition) is 2. The van der Waals surface area contributed by atoms with E-state index in [2.05, 4.69) is 10.6 Å². The van der Waals surface area contributed by atoms with Crippen molar-refractivity contribution in [1.29, 1.82) is 0 Å². The van der Waals surface area contributed by atoms with Crippen molar-refractivity contribution in [3.05, 3.63) is 52.5 Å². The van der Waals surface area contributed by atoms with Gasteiger partial charge in [-0.05, 0) is 55.7 Å². The molecular weight excluding hydrogens is 352 g/mol. The van der Waals surface area contributed by atoms with Gasteiger partial charge in [0.1, 0.15) is 5.75 Å². The molecule has 0 spiro atoms. The van der Waals surface area contributed by atoms with Crippen molar-refractivity contribution in [2.45, 2.75) is 20.3 Å². The highest BCUT2D eigenvalue weighted by Gasteiger charge is 2.48. The molecule has 26 heavy (non-hydrogen) atoms. The summed E-state index contributed by atoms with van der Waals surface area (Å²) >= 11 is 6.06. The molecule has 0 radical (unpaired) electrons. The van der Waals surface area contributed by atoms with Crippen molar-refractivity contribution < 1.29 is 14.3 Å². The van der Waals surface area contributed by atoms with Crippen molar-refractivity contribution in [1.82, 2.24) is 0 Å². The second kappa shape index (κ2) is 7.38. The third kappa shape index (κ3) is 3.83. The minimum Gasteiger partial charge on any atom is -0.495 e. The second-order valence-electron chi connectivity index (χ2n) is 6.52. The number of carbonyl (C=O) groups excluding carboxylic acids is 2. The van der Waals surface area contributed by atoms with Gasteiger partial charge in [0, 0.05) is 11.4 Å². The van der Waals surface area contributed by atoms with Crippen molar-refractivity contribution >= 4 is 34.8 Å². The quantitative estimate of drug-likeness (QED) is 0.827. The number of halogens is 1. The molecule has 5 nitrogen and oxygen atoms in total. The summed E-state index contributed by atoms with van der Waals surface area (Å²) in [5.41, 5.74) is 3.53. The van der Waals surface area contributed by atoms with Gasteiger partial charge in [0.05, 0.1) is 24.0 Å². The molecule has 0 saturated heterocycles. The lowest BCUT2D eigenvalue weighted by Gasteiger charge is -2.10. The van der Waals surface area contributed by atoms with Crippen molar-refractivity contribution in [3.8, 4) is 5.75 Å². The Morgan fingerprint density at radius 2 is 1.77 bits per heavy atom. The molecule has 0 aromatic heterocycles. The van der Waals surface area contributed by atoms with Gasteiger partial charge >= 0.3 is 0 Å². The number of benzene rings is 2. The molecule has 1 aliphatic carbocycles. The summed E-state index contributed by atoms with van der Waals surface area (Å²) in [5, 5.41) is 6.16. The van der Waals surface area contributed by atoms with Gasteiger partial charge in [-0.3, -0.25) is 9.59 Å². The number of amides is 2. The number of rotatable bonds is 5. The molecule has 1 fully saturated rings. The molecule has 0 aliphatic heterocycles. The van der Waals surface area contributed by atoms with Crippen LogP contribution in [0.4, 0.5) is 11.4 Å². The van der Waals surface area contributed by atoms with Gasteiger partial charge in [-0.15, -0.1) is 0 Å². The molecule has 6 heteroatoms. The van der Waals surface area contributed by atoms with Crippen LogP contribution in [-0.4, -0.2) is 18.9 Å². The summed E-state index contributed by atoms with van der Waals surface area (Å²) < 4.78 is 5.09. The highest BCUT2D eigenvalue weighted by atomic mass is 35.5. The molecule has 3 rings (SSSR count). The molecule has 2 atom stereocenters. The Morgan fingerprint density at radius 3 is 2.42 bits per heavy atom. The van der Waals surface area contributed by atoms with Gasteiger partial charge in [0.15, 0.2) is 0 Å². The van der Waals surface area contributed by atoms with Gasteiger partial charge in [-0.25, -0.2) is 0 Å². The number of hydrogen-bond acceptors (Lipinski definition) is 3. The minimum atomic E-state index is -0.319. The third-order valence-electron chi connectivity index (χ3n) is 4.75. The van der Waals surface area contributed by atoms with Gasteiger partial charge < -0.3 is 15.4 Å². The number of carbonyl (C=O) groups is 2. The molecule has 2 N–H and O–H groups in total. The van der Waals surface area contributed by atoms with Gasteiger partial charge in [0.2, 0.25) is 11.8 Å². The molecular formula is C20H21ClN2O3. The van der Waals surface area contributed by atoms with E-state index in [1.54, 1.807) is 18.2 Å². The van der Waals surface area contributed by atoms with E-state index in [0.717, 1.165) is 16.8 Å². The minimum absolute atomic E-state index is 0.119. The Balaban J connectivity index is 1.59. The third-order valence-corrected chi connectivity index (χ3v) is 5.04. The molecule has 2 unspecified atom stereocenters. The lowest BCUT2D eigenvalue weighted by Crippen LogP contribution is -2.21.